The van der Waals surface area contributed by atoms with Gasteiger partial charge in [-0.2, -0.15) is 0 Å². The maximum Gasteiger partial charge on any atom is 0.805 e. The topological polar surface area (TPSA) is 71.1 Å². The van der Waals surface area contributed by atoms with E-state index in [1.807, 2.05) is 24.3 Å². The molecule has 160 valence electrons. The Balaban J connectivity index is 0.000000181. The fourth-order valence-corrected chi connectivity index (χ4v) is 3.56. The minimum Gasteiger partial charge on any atom is -0.222 e. The monoisotopic (exact) mass is 466 g/mol. The molecule has 0 aliphatic rings. The van der Waals surface area contributed by atoms with Crippen molar-refractivity contribution in [3.8, 4) is 23.0 Å². The fourth-order valence-electron chi connectivity index (χ4n) is 2.31. The molecule has 0 N–H and O–H groups in total. The summed E-state index contributed by atoms with van der Waals surface area (Å²) in [5.74, 6) is 2.11. The molecule has 0 spiro atoms. The van der Waals surface area contributed by atoms with Gasteiger partial charge in [-0.15, -0.1) is 0 Å². The summed E-state index contributed by atoms with van der Waals surface area (Å²) in [5, 5.41) is 0. The van der Waals surface area contributed by atoms with Crippen LogP contribution >= 0.6 is 16.5 Å². The van der Waals surface area contributed by atoms with Crippen LogP contribution in [0.25, 0.3) is 0 Å². The smallest absolute Gasteiger partial charge is 0.222 e. The number of para-hydroxylation sites is 4. The van der Waals surface area contributed by atoms with Gasteiger partial charge >= 0.3 is 16.5 Å². The van der Waals surface area contributed by atoms with Gasteiger partial charge < -0.3 is 0 Å². The van der Waals surface area contributed by atoms with Gasteiger partial charge in [-0.1, -0.05) is 72.8 Å². The van der Waals surface area contributed by atoms with E-state index in [2.05, 4.69) is 0 Å². The molecule has 0 saturated heterocycles. The molecular formula is C24H20O6P2+2. The minimum absolute atomic E-state index is 0.527. The molecule has 4 rings (SSSR count). The van der Waals surface area contributed by atoms with Crippen LogP contribution in [0, 0.1) is 0 Å². The first-order valence-electron chi connectivity index (χ1n) is 9.55. The quantitative estimate of drug-likeness (QED) is 0.249. The average Bonchev–Trinajstić information content (AvgIpc) is 2.82. The second-order valence-corrected chi connectivity index (χ2v) is 7.69. The molecule has 0 bridgehead atoms. The summed E-state index contributed by atoms with van der Waals surface area (Å²) >= 11 is 0. The lowest BCUT2D eigenvalue weighted by Crippen LogP contribution is -1.87. The molecule has 0 aliphatic heterocycles. The third-order valence-corrected chi connectivity index (χ3v) is 5.13. The Kier molecular flexibility index (Phi) is 9.22. The van der Waals surface area contributed by atoms with E-state index >= 15 is 0 Å². The first kappa shape index (κ1) is 23.0. The van der Waals surface area contributed by atoms with Crippen LogP contribution < -0.4 is 18.1 Å². The van der Waals surface area contributed by atoms with Crippen LogP contribution in [-0.2, 0) is 9.13 Å². The lowest BCUT2D eigenvalue weighted by molar-refractivity contribution is 0.414. The Morgan fingerprint density at radius 1 is 0.344 bits per heavy atom. The summed E-state index contributed by atoms with van der Waals surface area (Å²) in [5.41, 5.74) is 0. The van der Waals surface area contributed by atoms with Gasteiger partial charge in [0, 0.05) is 9.13 Å². The van der Waals surface area contributed by atoms with Gasteiger partial charge in [-0.25, -0.2) is 18.1 Å². The largest absolute Gasteiger partial charge is 0.805 e. The molecule has 4 aromatic rings. The van der Waals surface area contributed by atoms with Gasteiger partial charge in [0.25, 0.3) is 0 Å². The molecule has 0 aromatic heterocycles. The molecule has 0 fully saturated rings. The molecule has 4 aromatic carbocycles. The molecule has 0 atom stereocenters. The van der Waals surface area contributed by atoms with Crippen LogP contribution in [0.3, 0.4) is 0 Å². The van der Waals surface area contributed by atoms with Gasteiger partial charge in [-0.05, 0) is 48.5 Å². The Hall–Kier alpha value is -3.72. The van der Waals surface area contributed by atoms with E-state index in [-0.39, 0.29) is 0 Å². The molecule has 32 heavy (non-hydrogen) atoms. The highest BCUT2D eigenvalue weighted by Gasteiger charge is 2.24. The molecule has 8 heteroatoms. The predicted octanol–water partition coefficient (Wildman–Crippen LogP) is 7.60. The number of rotatable bonds is 8. The van der Waals surface area contributed by atoms with Gasteiger partial charge in [0.15, 0.2) is 23.0 Å². The van der Waals surface area contributed by atoms with E-state index in [0.717, 1.165) is 0 Å². The first-order valence-corrected chi connectivity index (χ1v) is 11.7. The summed E-state index contributed by atoms with van der Waals surface area (Å²) in [7, 11) is -4.37. The predicted molar refractivity (Wildman–Crippen MR) is 123 cm³/mol. The molecular weight excluding hydrogens is 446 g/mol. The van der Waals surface area contributed by atoms with E-state index < -0.39 is 16.5 Å². The van der Waals surface area contributed by atoms with Gasteiger partial charge in [0.2, 0.25) is 0 Å². The van der Waals surface area contributed by atoms with Crippen molar-refractivity contribution in [3.63, 3.8) is 0 Å². The van der Waals surface area contributed by atoms with Crippen LogP contribution in [0.5, 0.6) is 23.0 Å². The average molecular weight is 466 g/mol. The van der Waals surface area contributed by atoms with E-state index in [0.29, 0.717) is 23.0 Å². The van der Waals surface area contributed by atoms with Crippen molar-refractivity contribution in [2.24, 2.45) is 0 Å². The standard InChI is InChI=1S/2C12H10O3P/c2*13-16(14-11-7-3-1-4-8-11)15-12-9-5-2-6-10-12/h2*1-10H/q2*+1. The van der Waals surface area contributed by atoms with E-state index in [4.69, 9.17) is 18.1 Å². The fraction of sp³-hybridized carbons (Fsp3) is 0. The second kappa shape index (κ2) is 12.9. The Morgan fingerprint density at radius 3 is 0.719 bits per heavy atom. The highest BCUT2D eigenvalue weighted by atomic mass is 31.1. The van der Waals surface area contributed by atoms with Crippen molar-refractivity contribution >= 4 is 16.5 Å². The molecule has 6 nitrogen and oxygen atoms in total. The zero-order valence-electron chi connectivity index (χ0n) is 16.9. The van der Waals surface area contributed by atoms with E-state index in [9.17, 15) is 9.13 Å². The second-order valence-electron chi connectivity index (χ2n) is 6.06. The SMILES string of the molecule is O=[P+](Oc1ccccc1)Oc1ccccc1.O=[P+](Oc1ccccc1)Oc1ccccc1. The Labute approximate surface area is 188 Å². The van der Waals surface area contributed by atoms with Crippen molar-refractivity contribution in [1.29, 1.82) is 0 Å². The van der Waals surface area contributed by atoms with Crippen LogP contribution in [0.4, 0.5) is 0 Å². The maximum absolute atomic E-state index is 11.5. The number of hydrogen-bond acceptors (Lipinski definition) is 6. The lowest BCUT2D eigenvalue weighted by atomic mass is 10.3. The van der Waals surface area contributed by atoms with Crippen molar-refractivity contribution in [2.45, 2.75) is 0 Å². The lowest BCUT2D eigenvalue weighted by Gasteiger charge is -1.92. The first-order chi connectivity index (χ1) is 15.7. The zero-order valence-corrected chi connectivity index (χ0v) is 18.7. The molecule has 0 aliphatic carbocycles. The zero-order chi connectivity index (χ0) is 22.4. The van der Waals surface area contributed by atoms with Crippen molar-refractivity contribution < 1.29 is 27.2 Å². The third-order valence-electron chi connectivity index (χ3n) is 3.69. The van der Waals surface area contributed by atoms with Crippen LogP contribution in [-0.4, -0.2) is 0 Å². The summed E-state index contributed by atoms with van der Waals surface area (Å²) in [6, 6.07) is 35.7. The molecule has 0 radical (unpaired) electrons. The van der Waals surface area contributed by atoms with Crippen molar-refractivity contribution in [1.82, 2.24) is 0 Å². The summed E-state index contributed by atoms with van der Waals surface area (Å²) < 4.78 is 43.4. The Bertz CT molecular complexity index is 916. The van der Waals surface area contributed by atoms with Crippen LogP contribution in [0.2, 0.25) is 0 Å². The highest BCUT2D eigenvalue weighted by Crippen LogP contribution is 2.30. The highest BCUT2D eigenvalue weighted by molar-refractivity contribution is 7.34. The van der Waals surface area contributed by atoms with Gasteiger partial charge in [0.1, 0.15) is 0 Å². The summed E-state index contributed by atoms with van der Waals surface area (Å²) in [6.45, 7) is 0. The van der Waals surface area contributed by atoms with E-state index in [1.165, 1.54) is 0 Å². The van der Waals surface area contributed by atoms with Crippen molar-refractivity contribution in [3.05, 3.63) is 121 Å². The van der Waals surface area contributed by atoms with Crippen LogP contribution in [0.1, 0.15) is 0 Å². The number of hydrogen-bond donors (Lipinski definition) is 0. The summed E-state index contributed by atoms with van der Waals surface area (Å²) in [4.78, 5) is 0. The Morgan fingerprint density at radius 2 is 0.531 bits per heavy atom. The molecule has 0 amide bonds. The normalized spacial score (nSPS) is 9.50. The van der Waals surface area contributed by atoms with Crippen LogP contribution in [0.15, 0.2) is 121 Å². The number of benzene rings is 4. The molecule has 0 heterocycles. The molecule has 0 saturated carbocycles. The van der Waals surface area contributed by atoms with Crippen molar-refractivity contribution in [2.75, 3.05) is 0 Å². The molecule has 0 unspecified atom stereocenters. The van der Waals surface area contributed by atoms with E-state index in [1.54, 1.807) is 97.1 Å². The van der Waals surface area contributed by atoms with Gasteiger partial charge in [0.05, 0.1) is 0 Å². The minimum atomic E-state index is -2.18. The third kappa shape index (κ3) is 8.57. The summed E-state index contributed by atoms with van der Waals surface area (Å²) in [6.07, 6.45) is 0. The van der Waals surface area contributed by atoms with Gasteiger partial charge in [-0.3, -0.25) is 0 Å². The maximum atomic E-state index is 11.5.